The first-order chi connectivity index (χ1) is 9.10. The molecule has 0 spiro atoms. The molecule has 0 radical (unpaired) electrons. The predicted octanol–water partition coefficient (Wildman–Crippen LogP) is 3.28. The number of hydrogen-bond donors (Lipinski definition) is 0. The SMILES string of the molecule is CCC(C(=O)OC)n1c(C(C)C)nc2ccccc21. The van der Waals surface area contributed by atoms with Crippen molar-refractivity contribution in [3.05, 3.63) is 30.1 Å². The fourth-order valence-corrected chi connectivity index (χ4v) is 2.39. The van der Waals surface area contributed by atoms with Gasteiger partial charge in [0.05, 0.1) is 18.1 Å². The number of methoxy groups -OCH3 is 1. The second-order valence-corrected chi connectivity index (χ2v) is 4.93. The zero-order chi connectivity index (χ0) is 14.0. The standard InChI is InChI=1S/C15H20N2O2/c1-5-12(15(18)19-4)17-13-9-7-6-8-11(13)16-14(17)10(2)3/h6-10,12H,5H2,1-4H3. The number of carbonyl (C=O) groups is 1. The lowest BCUT2D eigenvalue weighted by Gasteiger charge is -2.19. The van der Waals surface area contributed by atoms with Crippen LogP contribution in [-0.4, -0.2) is 22.6 Å². The van der Waals surface area contributed by atoms with E-state index < -0.39 is 0 Å². The van der Waals surface area contributed by atoms with Gasteiger partial charge in [0.15, 0.2) is 0 Å². The Hall–Kier alpha value is -1.84. The third-order valence-corrected chi connectivity index (χ3v) is 3.31. The first-order valence-corrected chi connectivity index (χ1v) is 6.64. The number of benzene rings is 1. The number of carbonyl (C=O) groups excluding carboxylic acids is 1. The molecule has 2 rings (SSSR count). The zero-order valence-corrected chi connectivity index (χ0v) is 11.9. The Bertz CT molecular complexity index is 587. The second-order valence-electron chi connectivity index (χ2n) is 4.93. The number of imidazole rings is 1. The maximum Gasteiger partial charge on any atom is 0.328 e. The lowest BCUT2D eigenvalue weighted by molar-refractivity contribution is -0.144. The van der Waals surface area contributed by atoms with Gasteiger partial charge in [0.25, 0.3) is 0 Å². The van der Waals surface area contributed by atoms with E-state index in [0.29, 0.717) is 6.42 Å². The molecule has 1 aromatic heterocycles. The van der Waals surface area contributed by atoms with Gasteiger partial charge in [0.2, 0.25) is 0 Å². The molecule has 102 valence electrons. The van der Waals surface area contributed by atoms with Crippen LogP contribution in [0.4, 0.5) is 0 Å². The van der Waals surface area contributed by atoms with E-state index in [2.05, 4.69) is 18.8 Å². The number of esters is 1. The van der Waals surface area contributed by atoms with Gasteiger partial charge in [0, 0.05) is 5.92 Å². The van der Waals surface area contributed by atoms with Crippen molar-refractivity contribution in [2.75, 3.05) is 7.11 Å². The van der Waals surface area contributed by atoms with E-state index in [9.17, 15) is 4.79 Å². The van der Waals surface area contributed by atoms with Crippen LogP contribution in [0.2, 0.25) is 0 Å². The van der Waals surface area contributed by atoms with E-state index in [-0.39, 0.29) is 17.9 Å². The maximum atomic E-state index is 12.0. The summed E-state index contributed by atoms with van der Waals surface area (Å²) in [4.78, 5) is 16.6. The summed E-state index contributed by atoms with van der Waals surface area (Å²) in [7, 11) is 1.43. The number of aromatic nitrogens is 2. The minimum atomic E-state index is -0.310. The van der Waals surface area contributed by atoms with Gasteiger partial charge in [-0.05, 0) is 18.6 Å². The summed E-state index contributed by atoms with van der Waals surface area (Å²) >= 11 is 0. The first-order valence-electron chi connectivity index (χ1n) is 6.64. The number of ether oxygens (including phenoxy) is 1. The van der Waals surface area contributed by atoms with Gasteiger partial charge in [-0.15, -0.1) is 0 Å². The van der Waals surface area contributed by atoms with Gasteiger partial charge in [-0.2, -0.15) is 0 Å². The van der Waals surface area contributed by atoms with Crippen LogP contribution in [0.5, 0.6) is 0 Å². The number of nitrogens with zero attached hydrogens (tertiary/aromatic N) is 2. The quantitative estimate of drug-likeness (QED) is 0.792. The molecule has 1 unspecified atom stereocenters. The van der Waals surface area contributed by atoms with Crippen molar-refractivity contribution in [1.82, 2.24) is 9.55 Å². The summed E-state index contributed by atoms with van der Waals surface area (Å²) in [6.45, 7) is 6.16. The molecule has 19 heavy (non-hydrogen) atoms. The Morgan fingerprint density at radius 2 is 2.05 bits per heavy atom. The van der Waals surface area contributed by atoms with Crippen LogP contribution in [-0.2, 0) is 9.53 Å². The highest BCUT2D eigenvalue weighted by molar-refractivity contribution is 5.81. The van der Waals surface area contributed by atoms with E-state index in [0.717, 1.165) is 16.9 Å². The molecule has 0 aliphatic heterocycles. The second kappa shape index (κ2) is 5.43. The molecule has 0 N–H and O–H groups in total. The predicted molar refractivity (Wildman–Crippen MR) is 75.2 cm³/mol. The maximum absolute atomic E-state index is 12.0. The summed E-state index contributed by atoms with van der Waals surface area (Å²) < 4.78 is 6.94. The van der Waals surface area contributed by atoms with Crippen LogP contribution < -0.4 is 0 Å². The van der Waals surface area contributed by atoms with Gasteiger partial charge in [-0.3, -0.25) is 0 Å². The Kier molecular flexibility index (Phi) is 3.88. The average molecular weight is 260 g/mol. The van der Waals surface area contributed by atoms with E-state index in [1.807, 2.05) is 35.8 Å². The molecule has 1 atom stereocenters. The number of fused-ring (bicyclic) bond motifs is 1. The van der Waals surface area contributed by atoms with Crippen molar-refractivity contribution in [2.24, 2.45) is 0 Å². The molecular weight excluding hydrogens is 240 g/mol. The minimum absolute atomic E-state index is 0.215. The monoisotopic (exact) mass is 260 g/mol. The molecule has 1 heterocycles. The Labute approximate surface area is 113 Å². The van der Waals surface area contributed by atoms with E-state index >= 15 is 0 Å². The van der Waals surface area contributed by atoms with Crippen LogP contribution in [0.15, 0.2) is 24.3 Å². The summed E-state index contributed by atoms with van der Waals surface area (Å²) in [5, 5.41) is 0. The van der Waals surface area contributed by atoms with Crippen molar-refractivity contribution in [3.63, 3.8) is 0 Å². The fraction of sp³-hybridized carbons (Fsp3) is 0.467. The summed E-state index contributed by atoms with van der Waals surface area (Å²) in [5.41, 5.74) is 1.91. The molecule has 0 saturated heterocycles. The number of rotatable bonds is 4. The third kappa shape index (κ3) is 2.35. The molecule has 0 amide bonds. The molecule has 1 aromatic carbocycles. The van der Waals surface area contributed by atoms with Crippen LogP contribution in [0.25, 0.3) is 11.0 Å². The number of para-hydroxylation sites is 2. The summed E-state index contributed by atoms with van der Waals surface area (Å²) in [6.07, 6.45) is 0.687. The molecule has 4 heteroatoms. The van der Waals surface area contributed by atoms with E-state index in [4.69, 9.17) is 4.74 Å². The first kappa shape index (κ1) is 13.6. The average Bonchev–Trinajstić information content (AvgIpc) is 2.79. The summed E-state index contributed by atoms with van der Waals surface area (Å²) in [5.74, 6) is 0.970. The largest absolute Gasteiger partial charge is 0.467 e. The van der Waals surface area contributed by atoms with Crippen LogP contribution >= 0.6 is 0 Å². The molecule has 2 aromatic rings. The molecular formula is C15H20N2O2. The van der Waals surface area contributed by atoms with Crippen LogP contribution in [0, 0.1) is 0 Å². The van der Waals surface area contributed by atoms with Gasteiger partial charge in [-0.25, -0.2) is 9.78 Å². The van der Waals surface area contributed by atoms with E-state index in [1.165, 1.54) is 7.11 Å². The zero-order valence-electron chi connectivity index (χ0n) is 11.9. The van der Waals surface area contributed by atoms with Gasteiger partial charge < -0.3 is 9.30 Å². The van der Waals surface area contributed by atoms with Crippen LogP contribution in [0.1, 0.15) is 45.0 Å². The normalized spacial score (nSPS) is 12.9. The van der Waals surface area contributed by atoms with Crippen molar-refractivity contribution in [3.8, 4) is 0 Å². The van der Waals surface area contributed by atoms with Crippen molar-refractivity contribution >= 4 is 17.0 Å². The molecule has 4 nitrogen and oxygen atoms in total. The van der Waals surface area contributed by atoms with Crippen molar-refractivity contribution < 1.29 is 9.53 Å². The summed E-state index contributed by atoms with van der Waals surface area (Å²) in [6, 6.07) is 7.59. The van der Waals surface area contributed by atoms with Crippen LogP contribution in [0.3, 0.4) is 0 Å². The lowest BCUT2D eigenvalue weighted by atomic mass is 10.1. The molecule has 0 bridgehead atoms. The molecule has 0 aliphatic rings. The van der Waals surface area contributed by atoms with Crippen molar-refractivity contribution in [2.45, 2.75) is 39.2 Å². The van der Waals surface area contributed by atoms with Crippen molar-refractivity contribution in [1.29, 1.82) is 0 Å². The van der Waals surface area contributed by atoms with E-state index in [1.54, 1.807) is 0 Å². The highest BCUT2D eigenvalue weighted by atomic mass is 16.5. The fourth-order valence-electron chi connectivity index (χ4n) is 2.39. The smallest absolute Gasteiger partial charge is 0.328 e. The Morgan fingerprint density at radius 3 is 2.63 bits per heavy atom. The van der Waals surface area contributed by atoms with Gasteiger partial charge in [-0.1, -0.05) is 32.9 Å². The highest BCUT2D eigenvalue weighted by Crippen LogP contribution is 2.28. The highest BCUT2D eigenvalue weighted by Gasteiger charge is 2.25. The lowest BCUT2D eigenvalue weighted by Crippen LogP contribution is -2.22. The Morgan fingerprint density at radius 1 is 1.37 bits per heavy atom. The number of hydrogen-bond acceptors (Lipinski definition) is 3. The Balaban J connectivity index is 2.67. The van der Waals surface area contributed by atoms with Gasteiger partial charge >= 0.3 is 5.97 Å². The topological polar surface area (TPSA) is 44.1 Å². The molecule has 0 aliphatic carbocycles. The molecule has 0 fully saturated rings. The van der Waals surface area contributed by atoms with Gasteiger partial charge in [0.1, 0.15) is 11.9 Å². The minimum Gasteiger partial charge on any atom is -0.467 e. The third-order valence-electron chi connectivity index (χ3n) is 3.31. The molecule has 0 saturated carbocycles.